The Kier molecular flexibility index (Phi) is 5.05. The third-order valence-corrected chi connectivity index (χ3v) is 4.95. The summed E-state index contributed by atoms with van der Waals surface area (Å²) < 4.78 is 5.14. The highest BCUT2D eigenvalue weighted by Gasteiger charge is 2.35. The lowest BCUT2D eigenvalue weighted by molar-refractivity contribution is -0.158. The van der Waals surface area contributed by atoms with Crippen LogP contribution in [-0.2, 0) is 25.7 Å². The molecule has 1 aliphatic rings. The quantitative estimate of drug-likeness (QED) is 0.618. The number of carbonyl (C=O) groups excluding carboxylic acids is 3. The number of carbonyl (C=O) groups is 3. The summed E-state index contributed by atoms with van der Waals surface area (Å²) in [7, 11) is 0. The lowest BCUT2D eigenvalue weighted by atomic mass is 9.94. The van der Waals surface area contributed by atoms with Crippen LogP contribution in [-0.4, -0.2) is 29.2 Å². The fraction of sp³-hybridized carbons (Fsp3) is 0.278. The summed E-state index contributed by atoms with van der Waals surface area (Å²) in [6.45, 7) is -0.185. The zero-order chi connectivity index (χ0) is 16.9. The first kappa shape index (κ1) is 16.4. The predicted octanol–water partition coefficient (Wildman–Crippen LogP) is 2.72. The zero-order valence-electron chi connectivity index (χ0n) is 13.0. The van der Waals surface area contributed by atoms with E-state index in [0.29, 0.717) is 0 Å². The van der Waals surface area contributed by atoms with Crippen LogP contribution in [0.5, 0.6) is 0 Å². The number of ether oxygens (including phenoxy) is 1. The highest BCUT2D eigenvalue weighted by Crippen LogP contribution is 2.32. The van der Waals surface area contributed by atoms with Gasteiger partial charge >= 0.3 is 5.97 Å². The van der Waals surface area contributed by atoms with Crippen molar-refractivity contribution >= 4 is 29.1 Å². The normalized spacial score (nSPS) is 15.6. The number of esters is 1. The molecule has 0 bridgehead atoms. The smallest absolute Gasteiger partial charge is 0.326 e. The molecule has 0 saturated carbocycles. The summed E-state index contributed by atoms with van der Waals surface area (Å²) in [4.78, 5) is 38.4. The van der Waals surface area contributed by atoms with Crippen molar-refractivity contribution in [3.05, 3.63) is 58.3 Å². The van der Waals surface area contributed by atoms with E-state index in [1.54, 1.807) is 0 Å². The zero-order valence-corrected chi connectivity index (χ0v) is 13.8. The molecule has 2 aromatic rings. The minimum atomic E-state index is -0.574. The number of likely N-dealkylation sites (tertiary alicyclic amines) is 1. The van der Waals surface area contributed by atoms with Gasteiger partial charge < -0.3 is 4.74 Å². The molecular weight excluding hydrogens is 326 g/mol. The summed E-state index contributed by atoms with van der Waals surface area (Å²) in [6.07, 6.45) is 0.496. The number of imide groups is 1. The molecule has 24 heavy (non-hydrogen) atoms. The topological polar surface area (TPSA) is 63.7 Å². The lowest BCUT2D eigenvalue weighted by Gasteiger charge is -2.28. The van der Waals surface area contributed by atoms with Gasteiger partial charge in [0, 0.05) is 23.6 Å². The van der Waals surface area contributed by atoms with Crippen molar-refractivity contribution in [3.63, 3.8) is 0 Å². The number of amides is 2. The van der Waals surface area contributed by atoms with Crippen LogP contribution in [0.25, 0.3) is 0 Å². The molecule has 2 heterocycles. The van der Waals surface area contributed by atoms with Crippen LogP contribution < -0.4 is 0 Å². The van der Waals surface area contributed by atoms with E-state index in [0.717, 1.165) is 15.3 Å². The molecule has 0 radical (unpaired) electrons. The first-order valence-electron chi connectivity index (χ1n) is 7.69. The van der Waals surface area contributed by atoms with Gasteiger partial charge in [-0.25, -0.2) is 0 Å². The van der Waals surface area contributed by atoms with Gasteiger partial charge in [-0.05, 0) is 17.0 Å². The first-order valence-corrected chi connectivity index (χ1v) is 8.57. The fourth-order valence-corrected chi connectivity index (χ4v) is 3.50. The maximum absolute atomic E-state index is 12.2. The van der Waals surface area contributed by atoms with Gasteiger partial charge in [-0.2, -0.15) is 0 Å². The number of thiophene rings is 1. The van der Waals surface area contributed by atoms with E-state index in [2.05, 4.69) is 0 Å². The van der Waals surface area contributed by atoms with Crippen LogP contribution in [0.1, 0.15) is 29.2 Å². The second kappa shape index (κ2) is 7.40. The minimum absolute atomic E-state index is 0.0819. The molecule has 1 saturated heterocycles. The van der Waals surface area contributed by atoms with Crippen molar-refractivity contribution in [1.82, 2.24) is 4.90 Å². The number of rotatable bonds is 5. The summed E-state index contributed by atoms with van der Waals surface area (Å²) in [5.74, 6) is -1.29. The molecule has 1 aliphatic heterocycles. The average Bonchev–Trinajstić information content (AvgIpc) is 3.11. The van der Waals surface area contributed by atoms with E-state index in [1.807, 2.05) is 47.8 Å². The SMILES string of the molecule is O=C(CN1C(=O)CC(c2cccs2)CC1=O)OCc1ccccc1. The maximum atomic E-state index is 12.2. The molecule has 0 atom stereocenters. The van der Waals surface area contributed by atoms with E-state index in [9.17, 15) is 14.4 Å². The van der Waals surface area contributed by atoms with E-state index in [4.69, 9.17) is 4.74 Å². The van der Waals surface area contributed by atoms with Crippen molar-refractivity contribution < 1.29 is 19.1 Å². The van der Waals surface area contributed by atoms with Crippen molar-refractivity contribution in [2.24, 2.45) is 0 Å². The Balaban J connectivity index is 1.54. The summed E-state index contributed by atoms with van der Waals surface area (Å²) in [5, 5.41) is 1.93. The highest BCUT2D eigenvalue weighted by atomic mass is 32.1. The molecule has 124 valence electrons. The maximum Gasteiger partial charge on any atom is 0.326 e. The van der Waals surface area contributed by atoms with Crippen molar-refractivity contribution in [2.75, 3.05) is 6.54 Å². The number of hydrogen-bond donors (Lipinski definition) is 0. The third-order valence-electron chi connectivity index (χ3n) is 3.92. The van der Waals surface area contributed by atoms with E-state index < -0.39 is 5.97 Å². The van der Waals surface area contributed by atoms with Crippen LogP contribution in [0.4, 0.5) is 0 Å². The van der Waals surface area contributed by atoms with E-state index in [1.165, 1.54) is 11.3 Å². The molecular formula is C18H17NO4S. The molecule has 1 fully saturated rings. The number of benzene rings is 1. The standard InChI is InChI=1S/C18H17NO4S/c20-16-9-14(15-7-4-8-24-15)10-17(21)19(16)11-18(22)23-12-13-5-2-1-3-6-13/h1-8,14H,9-12H2. The Labute approximate surface area is 143 Å². The number of nitrogens with zero attached hydrogens (tertiary/aromatic N) is 1. The number of hydrogen-bond acceptors (Lipinski definition) is 5. The van der Waals surface area contributed by atoms with Gasteiger partial charge in [0.05, 0.1) is 0 Å². The molecule has 0 aliphatic carbocycles. The lowest BCUT2D eigenvalue weighted by Crippen LogP contribution is -2.45. The van der Waals surface area contributed by atoms with Gasteiger partial charge in [0.1, 0.15) is 13.2 Å². The van der Waals surface area contributed by atoms with Gasteiger partial charge in [0.15, 0.2) is 0 Å². The Morgan fingerprint density at radius 3 is 2.42 bits per heavy atom. The van der Waals surface area contributed by atoms with Crippen LogP contribution in [0.15, 0.2) is 47.8 Å². The van der Waals surface area contributed by atoms with Crippen molar-refractivity contribution in [3.8, 4) is 0 Å². The summed E-state index contributed by atoms with van der Waals surface area (Å²) in [5.41, 5.74) is 0.861. The molecule has 1 aromatic heterocycles. The van der Waals surface area contributed by atoms with Gasteiger partial charge in [0.25, 0.3) is 0 Å². The Bertz CT molecular complexity index is 709. The molecule has 3 rings (SSSR count). The molecule has 0 spiro atoms. The molecule has 0 N–H and O–H groups in total. The predicted molar refractivity (Wildman–Crippen MR) is 89.3 cm³/mol. The van der Waals surface area contributed by atoms with Gasteiger partial charge in [0.2, 0.25) is 11.8 Å². The number of piperidine rings is 1. The molecule has 6 heteroatoms. The Hall–Kier alpha value is -2.47. The minimum Gasteiger partial charge on any atom is -0.459 e. The molecule has 2 amide bonds. The van der Waals surface area contributed by atoms with Crippen LogP contribution in [0, 0.1) is 0 Å². The monoisotopic (exact) mass is 343 g/mol. The summed E-state index contributed by atoms with van der Waals surface area (Å²) >= 11 is 1.54. The van der Waals surface area contributed by atoms with Gasteiger partial charge in [-0.15, -0.1) is 11.3 Å². The van der Waals surface area contributed by atoms with Gasteiger partial charge in [-0.1, -0.05) is 36.4 Å². The van der Waals surface area contributed by atoms with Crippen molar-refractivity contribution in [1.29, 1.82) is 0 Å². The second-order valence-electron chi connectivity index (χ2n) is 5.64. The van der Waals surface area contributed by atoms with Gasteiger partial charge in [-0.3, -0.25) is 19.3 Å². The Morgan fingerprint density at radius 2 is 1.79 bits per heavy atom. The first-order chi connectivity index (χ1) is 11.6. The fourth-order valence-electron chi connectivity index (χ4n) is 2.67. The van der Waals surface area contributed by atoms with Crippen LogP contribution in [0.2, 0.25) is 0 Å². The van der Waals surface area contributed by atoms with Crippen LogP contribution >= 0.6 is 11.3 Å². The van der Waals surface area contributed by atoms with Crippen molar-refractivity contribution in [2.45, 2.75) is 25.4 Å². The Morgan fingerprint density at radius 1 is 1.08 bits per heavy atom. The molecule has 1 aromatic carbocycles. The third kappa shape index (κ3) is 3.89. The summed E-state index contributed by atoms with van der Waals surface area (Å²) in [6, 6.07) is 13.1. The second-order valence-corrected chi connectivity index (χ2v) is 6.62. The van der Waals surface area contributed by atoms with E-state index in [-0.39, 0.29) is 43.7 Å². The van der Waals surface area contributed by atoms with Crippen LogP contribution in [0.3, 0.4) is 0 Å². The van der Waals surface area contributed by atoms with E-state index >= 15 is 0 Å². The largest absolute Gasteiger partial charge is 0.459 e. The highest BCUT2D eigenvalue weighted by molar-refractivity contribution is 7.10. The molecule has 0 unspecified atom stereocenters. The average molecular weight is 343 g/mol. The molecule has 5 nitrogen and oxygen atoms in total.